The third-order valence-electron chi connectivity index (χ3n) is 4.84. The molecule has 100 valence electrons. The van der Waals surface area contributed by atoms with Crippen LogP contribution in [0.1, 0.15) is 57.8 Å². The quantitative estimate of drug-likeness (QED) is 0.847. The van der Waals surface area contributed by atoms with Crippen LogP contribution in [0.3, 0.4) is 0 Å². The minimum absolute atomic E-state index is 0.122. The van der Waals surface area contributed by atoms with E-state index in [-0.39, 0.29) is 5.75 Å². The van der Waals surface area contributed by atoms with Crippen molar-refractivity contribution in [3.8, 4) is 0 Å². The predicted molar refractivity (Wildman–Crippen MR) is 68.6 cm³/mol. The second kappa shape index (κ2) is 4.54. The Kier molecular flexibility index (Phi) is 3.56. The second-order valence-corrected chi connectivity index (χ2v) is 8.57. The molecular formula is C13H24O3S. The molecule has 0 radical (unpaired) electrons. The molecule has 0 aromatic heterocycles. The largest absolute Gasteiger partial charge is 0.390 e. The summed E-state index contributed by atoms with van der Waals surface area (Å²) in [7, 11) is -2.95. The molecule has 0 amide bonds. The van der Waals surface area contributed by atoms with Gasteiger partial charge in [0.05, 0.1) is 11.4 Å². The fourth-order valence-corrected chi connectivity index (χ4v) is 4.25. The highest BCUT2D eigenvalue weighted by Crippen LogP contribution is 2.51. The van der Waals surface area contributed by atoms with E-state index in [4.69, 9.17) is 0 Å². The standard InChI is InChI=1S/C13H24O3S/c1-17(15,16)11-10-13(14)8-6-12(7-9-13)4-2-3-5-12/h14H,2-11H2,1H3. The number of rotatable bonds is 3. The minimum Gasteiger partial charge on any atom is -0.390 e. The summed E-state index contributed by atoms with van der Waals surface area (Å²) in [6.45, 7) is 0. The number of aliphatic hydroxyl groups is 1. The Morgan fingerprint density at radius 2 is 1.53 bits per heavy atom. The van der Waals surface area contributed by atoms with Gasteiger partial charge in [0, 0.05) is 6.26 Å². The van der Waals surface area contributed by atoms with Crippen molar-refractivity contribution < 1.29 is 13.5 Å². The van der Waals surface area contributed by atoms with Crippen LogP contribution in [0.4, 0.5) is 0 Å². The zero-order valence-electron chi connectivity index (χ0n) is 10.7. The molecule has 17 heavy (non-hydrogen) atoms. The van der Waals surface area contributed by atoms with Crippen molar-refractivity contribution in [2.24, 2.45) is 5.41 Å². The van der Waals surface area contributed by atoms with Gasteiger partial charge < -0.3 is 5.11 Å². The van der Waals surface area contributed by atoms with Gasteiger partial charge in [-0.05, 0) is 50.4 Å². The number of hydrogen-bond acceptors (Lipinski definition) is 3. The third-order valence-corrected chi connectivity index (χ3v) is 5.79. The molecule has 4 heteroatoms. The summed E-state index contributed by atoms with van der Waals surface area (Å²) < 4.78 is 22.3. The fourth-order valence-electron chi connectivity index (χ4n) is 3.50. The van der Waals surface area contributed by atoms with E-state index in [1.54, 1.807) is 0 Å². The van der Waals surface area contributed by atoms with E-state index in [1.807, 2.05) is 0 Å². The molecule has 2 aliphatic carbocycles. The lowest BCUT2D eigenvalue weighted by molar-refractivity contribution is -0.0346. The van der Waals surface area contributed by atoms with Crippen molar-refractivity contribution in [2.75, 3.05) is 12.0 Å². The lowest BCUT2D eigenvalue weighted by Gasteiger charge is -2.42. The van der Waals surface area contributed by atoms with E-state index in [0.717, 1.165) is 25.7 Å². The Bertz CT molecular complexity index is 356. The summed E-state index contributed by atoms with van der Waals surface area (Å²) in [6, 6.07) is 0. The van der Waals surface area contributed by atoms with Crippen LogP contribution >= 0.6 is 0 Å². The Labute approximate surface area is 105 Å². The molecule has 0 saturated heterocycles. The Morgan fingerprint density at radius 1 is 1.00 bits per heavy atom. The van der Waals surface area contributed by atoms with E-state index in [2.05, 4.69) is 0 Å². The molecule has 2 rings (SSSR count). The van der Waals surface area contributed by atoms with E-state index in [0.29, 0.717) is 11.8 Å². The van der Waals surface area contributed by atoms with Crippen molar-refractivity contribution in [2.45, 2.75) is 63.4 Å². The zero-order chi connectivity index (χ0) is 12.6. The molecule has 0 heterocycles. The van der Waals surface area contributed by atoms with Gasteiger partial charge >= 0.3 is 0 Å². The zero-order valence-corrected chi connectivity index (χ0v) is 11.6. The Morgan fingerprint density at radius 3 is 2.00 bits per heavy atom. The minimum atomic E-state index is -2.95. The highest BCUT2D eigenvalue weighted by molar-refractivity contribution is 7.90. The summed E-state index contributed by atoms with van der Waals surface area (Å²) in [5.74, 6) is 0.122. The monoisotopic (exact) mass is 260 g/mol. The van der Waals surface area contributed by atoms with Crippen molar-refractivity contribution in [1.82, 2.24) is 0 Å². The summed E-state index contributed by atoms with van der Waals surface area (Å²) in [5, 5.41) is 10.4. The van der Waals surface area contributed by atoms with Gasteiger partial charge in [0.15, 0.2) is 0 Å². The molecule has 2 aliphatic rings. The first kappa shape index (κ1) is 13.3. The molecule has 0 atom stereocenters. The Hall–Kier alpha value is -0.0900. The van der Waals surface area contributed by atoms with Crippen LogP contribution in [0.2, 0.25) is 0 Å². The van der Waals surface area contributed by atoms with Crippen LogP contribution in [0.25, 0.3) is 0 Å². The molecule has 0 bridgehead atoms. The van der Waals surface area contributed by atoms with Crippen LogP contribution < -0.4 is 0 Å². The maximum absolute atomic E-state index is 11.2. The smallest absolute Gasteiger partial charge is 0.147 e. The molecular weight excluding hydrogens is 236 g/mol. The SMILES string of the molecule is CS(=O)(=O)CCC1(O)CCC2(CCCC2)CC1. The van der Waals surface area contributed by atoms with Gasteiger partial charge in [-0.25, -0.2) is 8.42 Å². The number of hydrogen-bond donors (Lipinski definition) is 1. The van der Waals surface area contributed by atoms with Gasteiger partial charge in [-0.2, -0.15) is 0 Å². The highest BCUT2D eigenvalue weighted by Gasteiger charge is 2.42. The van der Waals surface area contributed by atoms with Crippen LogP contribution in [-0.4, -0.2) is 31.1 Å². The van der Waals surface area contributed by atoms with Crippen molar-refractivity contribution in [3.63, 3.8) is 0 Å². The van der Waals surface area contributed by atoms with Crippen LogP contribution in [0.15, 0.2) is 0 Å². The van der Waals surface area contributed by atoms with E-state index < -0.39 is 15.4 Å². The maximum atomic E-state index is 11.2. The predicted octanol–water partition coefficient (Wildman–Crippen LogP) is 2.29. The lowest BCUT2D eigenvalue weighted by Crippen LogP contribution is -2.39. The molecule has 0 aromatic rings. The summed E-state index contributed by atoms with van der Waals surface area (Å²) in [5.41, 5.74) is -0.214. The molecule has 0 aliphatic heterocycles. The molecule has 3 nitrogen and oxygen atoms in total. The number of sulfone groups is 1. The first-order valence-electron chi connectivity index (χ1n) is 6.73. The summed E-state index contributed by atoms with van der Waals surface area (Å²) in [6.07, 6.45) is 10.7. The van der Waals surface area contributed by atoms with Crippen LogP contribution in [-0.2, 0) is 9.84 Å². The summed E-state index contributed by atoms with van der Waals surface area (Å²) in [4.78, 5) is 0. The normalized spacial score (nSPS) is 27.4. The molecule has 2 saturated carbocycles. The average Bonchev–Trinajstić information content (AvgIpc) is 2.69. The van der Waals surface area contributed by atoms with Gasteiger partial charge in [-0.15, -0.1) is 0 Å². The van der Waals surface area contributed by atoms with E-state index in [9.17, 15) is 13.5 Å². The summed E-state index contributed by atoms with van der Waals surface area (Å²) >= 11 is 0. The Balaban J connectivity index is 1.88. The van der Waals surface area contributed by atoms with E-state index >= 15 is 0 Å². The first-order valence-corrected chi connectivity index (χ1v) is 8.79. The molecule has 0 aromatic carbocycles. The van der Waals surface area contributed by atoms with E-state index in [1.165, 1.54) is 31.9 Å². The fraction of sp³-hybridized carbons (Fsp3) is 1.00. The van der Waals surface area contributed by atoms with Crippen molar-refractivity contribution >= 4 is 9.84 Å². The molecule has 2 fully saturated rings. The maximum Gasteiger partial charge on any atom is 0.147 e. The van der Waals surface area contributed by atoms with Gasteiger partial charge in [0.25, 0.3) is 0 Å². The average molecular weight is 260 g/mol. The van der Waals surface area contributed by atoms with Gasteiger partial charge in [-0.1, -0.05) is 12.8 Å². The van der Waals surface area contributed by atoms with Gasteiger partial charge in [-0.3, -0.25) is 0 Å². The van der Waals surface area contributed by atoms with Gasteiger partial charge in [0.2, 0.25) is 0 Å². The van der Waals surface area contributed by atoms with Crippen molar-refractivity contribution in [3.05, 3.63) is 0 Å². The van der Waals surface area contributed by atoms with Gasteiger partial charge in [0.1, 0.15) is 9.84 Å². The van der Waals surface area contributed by atoms with Crippen LogP contribution in [0.5, 0.6) is 0 Å². The molecule has 1 N–H and O–H groups in total. The highest BCUT2D eigenvalue weighted by atomic mass is 32.2. The topological polar surface area (TPSA) is 54.4 Å². The lowest BCUT2D eigenvalue weighted by atomic mass is 9.67. The second-order valence-electron chi connectivity index (χ2n) is 6.31. The van der Waals surface area contributed by atoms with Crippen molar-refractivity contribution in [1.29, 1.82) is 0 Å². The molecule has 1 spiro atoms. The third kappa shape index (κ3) is 3.44. The first-order chi connectivity index (χ1) is 7.83. The van der Waals surface area contributed by atoms with Crippen LogP contribution in [0, 0.1) is 5.41 Å². The molecule has 0 unspecified atom stereocenters.